The van der Waals surface area contributed by atoms with E-state index in [-0.39, 0.29) is 24.7 Å². The van der Waals surface area contributed by atoms with E-state index in [1.54, 1.807) is 18.2 Å². The molecule has 10 heteroatoms. The zero-order valence-electron chi connectivity index (χ0n) is 19.7. The van der Waals surface area contributed by atoms with Crippen LogP contribution in [0.5, 0.6) is 0 Å². The number of morpholine rings is 1. The van der Waals surface area contributed by atoms with Gasteiger partial charge in [0.1, 0.15) is 18.5 Å². The van der Waals surface area contributed by atoms with E-state index in [1.807, 2.05) is 36.4 Å². The molecule has 0 radical (unpaired) electrons. The molecule has 1 fully saturated rings. The monoisotopic (exact) mass is 614 g/mol. The average molecular weight is 614 g/mol. The fourth-order valence-electron chi connectivity index (χ4n) is 4.50. The number of carbonyl (C=O) groups is 3. The number of urea groups is 1. The van der Waals surface area contributed by atoms with Crippen LogP contribution in [-0.4, -0.2) is 42.5 Å². The molecule has 0 aromatic heterocycles. The fraction of sp³-hybridized carbons (Fsp3) is 0.222. The summed E-state index contributed by atoms with van der Waals surface area (Å²) in [4.78, 5) is 41.6. The molecule has 0 aliphatic carbocycles. The van der Waals surface area contributed by atoms with Crippen LogP contribution < -0.4 is 15.5 Å². The van der Waals surface area contributed by atoms with Gasteiger partial charge in [-0.2, -0.15) is 0 Å². The topological polar surface area (TPSA) is 91.0 Å². The van der Waals surface area contributed by atoms with Crippen LogP contribution in [0.3, 0.4) is 0 Å². The van der Waals surface area contributed by atoms with Crippen molar-refractivity contribution in [3.63, 3.8) is 0 Å². The van der Waals surface area contributed by atoms with Gasteiger partial charge in [-0.1, -0.05) is 59.0 Å². The van der Waals surface area contributed by atoms with Crippen molar-refractivity contribution in [3.8, 4) is 0 Å². The summed E-state index contributed by atoms with van der Waals surface area (Å²) >= 11 is 2.27. The third-order valence-corrected chi connectivity index (χ3v) is 7.26. The second-order valence-corrected chi connectivity index (χ2v) is 9.50. The molecule has 1 atom stereocenters. The van der Waals surface area contributed by atoms with Crippen LogP contribution in [-0.2, 0) is 25.3 Å². The molecule has 8 nitrogen and oxygen atoms in total. The minimum absolute atomic E-state index is 0.0337. The first-order valence-corrected chi connectivity index (χ1v) is 13.3. The van der Waals surface area contributed by atoms with E-state index in [2.05, 4.69) is 33.2 Å². The van der Waals surface area contributed by atoms with Crippen LogP contribution in [0.4, 0.5) is 26.2 Å². The number of halogens is 2. The maximum absolute atomic E-state index is 15.0. The summed E-state index contributed by atoms with van der Waals surface area (Å²) in [5.74, 6) is -1.46. The normalized spacial score (nSPS) is 16.9. The molecule has 190 valence electrons. The highest BCUT2D eigenvalue weighted by molar-refractivity contribution is 14.1. The fourth-order valence-corrected chi connectivity index (χ4v) is 5.01. The Bertz CT molecular complexity index is 1350. The number of hydrogen-bond acceptors (Lipinski definition) is 4. The summed E-state index contributed by atoms with van der Waals surface area (Å²) < 4.78 is 21.0. The second kappa shape index (κ2) is 10.9. The van der Waals surface area contributed by atoms with E-state index in [0.717, 1.165) is 15.6 Å². The van der Waals surface area contributed by atoms with Crippen LogP contribution >= 0.6 is 22.6 Å². The number of anilines is 3. The molecule has 2 aliphatic heterocycles. The maximum atomic E-state index is 15.0. The molecule has 0 spiro atoms. The Balaban J connectivity index is 1.35. The van der Waals surface area contributed by atoms with Gasteiger partial charge < -0.3 is 25.2 Å². The Morgan fingerprint density at radius 1 is 1.05 bits per heavy atom. The first-order valence-electron chi connectivity index (χ1n) is 11.7. The minimum atomic E-state index is -0.940. The second-order valence-electron chi connectivity index (χ2n) is 8.74. The summed E-state index contributed by atoms with van der Waals surface area (Å²) in [7, 11) is 0. The summed E-state index contributed by atoms with van der Waals surface area (Å²) in [6, 6.07) is 17.7. The van der Waals surface area contributed by atoms with Crippen molar-refractivity contribution >= 4 is 57.5 Å². The number of amides is 4. The van der Waals surface area contributed by atoms with Crippen LogP contribution in [0.15, 0.2) is 66.7 Å². The molecule has 0 saturated carbocycles. The summed E-state index contributed by atoms with van der Waals surface area (Å²) in [6.07, 6.45) is 0. The number of rotatable bonds is 5. The van der Waals surface area contributed by atoms with Gasteiger partial charge in [-0.25, -0.2) is 9.18 Å². The lowest BCUT2D eigenvalue weighted by Gasteiger charge is -2.27. The lowest BCUT2D eigenvalue weighted by atomic mass is 10.0. The van der Waals surface area contributed by atoms with Gasteiger partial charge in [0, 0.05) is 28.9 Å². The lowest BCUT2D eigenvalue weighted by Crippen LogP contribution is -2.41. The first-order chi connectivity index (χ1) is 17.9. The van der Waals surface area contributed by atoms with E-state index in [0.29, 0.717) is 30.1 Å². The van der Waals surface area contributed by atoms with Crippen molar-refractivity contribution in [1.29, 1.82) is 0 Å². The molecular weight excluding hydrogens is 590 g/mol. The standard InChI is InChI=1S/C27H24FIN4O4/c28-22-13-20(32-11-12-37-16-24(32)34)9-10-23(22)31-26(35)25-21-4-2-1-3-18(21)15-33(25)27(36)30-19-7-5-17(14-29)6-8-19/h1-10,13,25H,11-12,14-16H2,(H,30,36)(H,31,35). The number of carbonyl (C=O) groups excluding carboxylic acids is 3. The van der Waals surface area contributed by atoms with Gasteiger partial charge >= 0.3 is 6.03 Å². The van der Waals surface area contributed by atoms with Crippen molar-refractivity contribution in [1.82, 2.24) is 4.90 Å². The van der Waals surface area contributed by atoms with Crippen molar-refractivity contribution in [3.05, 3.63) is 89.2 Å². The van der Waals surface area contributed by atoms with E-state index in [1.165, 1.54) is 21.9 Å². The van der Waals surface area contributed by atoms with Crippen molar-refractivity contribution in [2.24, 2.45) is 0 Å². The van der Waals surface area contributed by atoms with Crippen LogP contribution in [0.2, 0.25) is 0 Å². The Hall–Kier alpha value is -3.51. The molecule has 3 aromatic rings. The van der Waals surface area contributed by atoms with Gasteiger partial charge in [-0.05, 0) is 47.0 Å². The average Bonchev–Trinajstić information content (AvgIpc) is 3.31. The molecule has 37 heavy (non-hydrogen) atoms. The number of ether oxygens (including phenoxy) is 1. The molecule has 2 aliphatic rings. The van der Waals surface area contributed by atoms with Gasteiger partial charge in [-0.15, -0.1) is 0 Å². The summed E-state index contributed by atoms with van der Waals surface area (Å²) in [5, 5.41) is 5.49. The third-order valence-electron chi connectivity index (χ3n) is 6.38. The number of benzene rings is 3. The number of alkyl halides is 1. The van der Waals surface area contributed by atoms with Crippen molar-refractivity contribution < 1.29 is 23.5 Å². The maximum Gasteiger partial charge on any atom is 0.323 e. The Morgan fingerprint density at radius 3 is 2.57 bits per heavy atom. The van der Waals surface area contributed by atoms with Crippen LogP contribution in [0.25, 0.3) is 0 Å². The number of nitrogens with one attached hydrogen (secondary N) is 2. The van der Waals surface area contributed by atoms with Crippen molar-refractivity contribution in [2.75, 3.05) is 35.3 Å². The van der Waals surface area contributed by atoms with Gasteiger partial charge in [0.2, 0.25) is 0 Å². The van der Waals surface area contributed by atoms with E-state index < -0.39 is 23.8 Å². The third kappa shape index (κ3) is 5.30. The van der Waals surface area contributed by atoms with E-state index in [4.69, 9.17) is 4.74 Å². The lowest BCUT2D eigenvalue weighted by molar-refractivity contribution is -0.125. The molecule has 2 heterocycles. The molecule has 4 amide bonds. The highest BCUT2D eigenvalue weighted by Gasteiger charge is 2.38. The highest BCUT2D eigenvalue weighted by Crippen LogP contribution is 2.35. The predicted molar refractivity (Wildman–Crippen MR) is 146 cm³/mol. The van der Waals surface area contributed by atoms with Gasteiger partial charge in [-0.3, -0.25) is 9.59 Å². The first kappa shape index (κ1) is 25.2. The number of hydrogen-bond donors (Lipinski definition) is 2. The largest absolute Gasteiger partial charge is 0.370 e. The Labute approximate surface area is 226 Å². The van der Waals surface area contributed by atoms with E-state index in [9.17, 15) is 14.4 Å². The summed E-state index contributed by atoms with van der Waals surface area (Å²) in [6.45, 7) is 0.884. The molecule has 1 unspecified atom stereocenters. The SMILES string of the molecule is O=C(Nc1ccc(N2CCOCC2=O)cc1F)C1c2ccccc2CN1C(=O)Nc1ccc(CI)cc1. The van der Waals surface area contributed by atoms with Gasteiger partial charge in [0.25, 0.3) is 11.8 Å². The molecule has 5 rings (SSSR count). The molecular formula is C27H24FIN4O4. The molecule has 3 aromatic carbocycles. The zero-order chi connectivity index (χ0) is 25.9. The number of fused-ring (bicyclic) bond motifs is 1. The molecule has 1 saturated heterocycles. The summed E-state index contributed by atoms with van der Waals surface area (Å²) in [5.41, 5.74) is 3.65. The smallest absolute Gasteiger partial charge is 0.323 e. The molecule has 0 bridgehead atoms. The quantitative estimate of drug-likeness (QED) is 0.318. The highest BCUT2D eigenvalue weighted by atomic mass is 127. The van der Waals surface area contributed by atoms with Gasteiger partial charge in [0.15, 0.2) is 0 Å². The Kier molecular flexibility index (Phi) is 7.38. The van der Waals surface area contributed by atoms with Crippen LogP contribution in [0, 0.1) is 5.82 Å². The predicted octanol–water partition coefficient (Wildman–Crippen LogP) is 4.85. The molecule has 2 N–H and O–H groups in total. The van der Waals surface area contributed by atoms with Gasteiger partial charge in [0.05, 0.1) is 12.3 Å². The minimum Gasteiger partial charge on any atom is -0.370 e. The van der Waals surface area contributed by atoms with Crippen LogP contribution in [0.1, 0.15) is 22.7 Å². The van der Waals surface area contributed by atoms with Crippen molar-refractivity contribution in [2.45, 2.75) is 17.0 Å². The van der Waals surface area contributed by atoms with E-state index >= 15 is 4.39 Å². The number of nitrogens with zero attached hydrogens (tertiary/aromatic N) is 2. The zero-order valence-corrected chi connectivity index (χ0v) is 21.9. The Morgan fingerprint density at radius 2 is 1.84 bits per heavy atom.